The van der Waals surface area contributed by atoms with Crippen LogP contribution in [0.1, 0.15) is 0 Å². The Balaban J connectivity index is 1.35. The van der Waals surface area contributed by atoms with E-state index in [0.29, 0.717) is 5.82 Å². The van der Waals surface area contributed by atoms with Crippen LogP contribution < -0.4 is 0 Å². The average molecular weight is 538 g/mol. The second-order valence-electron chi connectivity index (χ2n) is 10.6. The normalized spacial score (nSPS) is 11.8. The smallest absolute Gasteiger partial charge is 0.159 e. The highest BCUT2D eigenvalue weighted by Gasteiger charge is 2.19. The molecule has 0 unspecified atom stereocenters. The maximum absolute atomic E-state index is 4.73. The number of benzene rings is 5. The number of hydrogen-bond donors (Lipinski definition) is 0. The van der Waals surface area contributed by atoms with Crippen molar-refractivity contribution in [3.63, 3.8) is 0 Å². The number of hydrogen-bond acceptors (Lipinski definition) is 3. The Labute approximate surface area is 241 Å². The van der Waals surface area contributed by atoms with Crippen molar-refractivity contribution < 1.29 is 0 Å². The van der Waals surface area contributed by atoms with Crippen LogP contribution in [0.25, 0.3) is 77.1 Å². The van der Waals surface area contributed by atoms with E-state index in [4.69, 9.17) is 9.97 Å². The molecule has 196 valence electrons. The maximum Gasteiger partial charge on any atom is 0.159 e. The van der Waals surface area contributed by atoms with E-state index >= 15 is 0 Å². The largest absolute Gasteiger partial charge is 0.309 e. The molecule has 42 heavy (non-hydrogen) atoms. The van der Waals surface area contributed by atoms with Gasteiger partial charge in [-0.3, -0.25) is 4.98 Å². The maximum atomic E-state index is 4.73. The minimum Gasteiger partial charge on any atom is -0.309 e. The van der Waals surface area contributed by atoms with Crippen LogP contribution in [-0.4, -0.2) is 24.1 Å². The van der Waals surface area contributed by atoms with Crippen molar-refractivity contribution in [2.45, 2.75) is 0 Å². The van der Waals surface area contributed by atoms with Gasteiger partial charge >= 0.3 is 0 Å². The zero-order chi connectivity index (χ0) is 27.6. The molecule has 0 saturated carbocycles. The highest BCUT2D eigenvalue weighted by molar-refractivity contribution is 6.29. The third-order valence-electron chi connectivity index (χ3n) is 8.32. The van der Waals surface area contributed by atoms with E-state index in [2.05, 4.69) is 117 Å². The number of nitrogens with zero attached hydrogens (tertiary/aromatic N) is 5. The van der Waals surface area contributed by atoms with Gasteiger partial charge in [0, 0.05) is 45.2 Å². The summed E-state index contributed by atoms with van der Waals surface area (Å²) in [6.45, 7) is 0. The second kappa shape index (κ2) is 8.85. The molecular weight excluding hydrogens is 514 g/mol. The third kappa shape index (κ3) is 3.22. The van der Waals surface area contributed by atoms with Crippen molar-refractivity contribution in [1.82, 2.24) is 24.1 Å². The van der Waals surface area contributed by atoms with E-state index in [1.54, 1.807) is 12.4 Å². The van der Waals surface area contributed by atoms with Gasteiger partial charge in [-0.15, -0.1) is 0 Å². The van der Waals surface area contributed by atoms with Crippen molar-refractivity contribution in [1.29, 1.82) is 0 Å². The lowest BCUT2D eigenvalue weighted by molar-refractivity contribution is 1.08. The van der Waals surface area contributed by atoms with Gasteiger partial charge in [0.05, 0.1) is 40.1 Å². The summed E-state index contributed by atoms with van der Waals surface area (Å²) in [6.07, 6.45) is 7.35. The van der Waals surface area contributed by atoms with Gasteiger partial charge in [0.15, 0.2) is 5.82 Å². The van der Waals surface area contributed by atoms with Gasteiger partial charge in [0.2, 0.25) is 0 Å². The summed E-state index contributed by atoms with van der Waals surface area (Å²) in [4.78, 5) is 13.6. The summed E-state index contributed by atoms with van der Waals surface area (Å²) < 4.78 is 4.65. The van der Waals surface area contributed by atoms with Crippen LogP contribution >= 0.6 is 0 Å². The molecule has 5 nitrogen and oxygen atoms in total. The molecule has 4 heterocycles. The molecule has 9 rings (SSSR count). The zero-order valence-electron chi connectivity index (χ0n) is 22.5. The summed E-state index contributed by atoms with van der Waals surface area (Å²) >= 11 is 0. The van der Waals surface area contributed by atoms with Gasteiger partial charge in [-0.2, -0.15) is 0 Å². The zero-order valence-corrected chi connectivity index (χ0v) is 22.5. The first-order valence-corrected chi connectivity index (χ1v) is 14.0. The summed E-state index contributed by atoms with van der Waals surface area (Å²) in [5.74, 6) is 0.685. The number of aromatic nitrogens is 5. The van der Waals surface area contributed by atoms with Gasteiger partial charge in [-0.05, 0) is 59.3 Å². The van der Waals surface area contributed by atoms with Gasteiger partial charge < -0.3 is 9.13 Å². The second-order valence-corrected chi connectivity index (χ2v) is 10.6. The number of pyridine rings is 1. The van der Waals surface area contributed by atoms with E-state index in [1.807, 2.05) is 24.5 Å². The molecule has 5 aromatic carbocycles. The highest BCUT2D eigenvalue weighted by atomic mass is 15.0. The molecule has 0 N–H and O–H groups in total. The lowest BCUT2D eigenvalue weighted by atomic mass is 9.99. The quantitative estimate of drug-likeness (QED) is 0.226. The van der Waals surface area contributed by atoms with E-state index in [0.717, 1.165) is 28.0 Å². The molecular formula is C37H23N5. The lowest BCUT2D eigenvalue weighted by Gasteiger charge is -2.10. The monoisotopic (exact) mass is 537 g/mol. The first-order valence-electron chi connectivity index (χ1n) is 14.0. The van der Waals surface area contributed by atoms with E-state index in [1.165, 1.54) is 43.4 Å². The number of rotatable bonds is 3. The molecule has 4 aromatic heterocycles. The van der Waals surface area contributed by atoms with Crippen LogP contribution in [0.4, 0.5) is 0 Å². The molecule has 0 fully saturated rings. The van der Waals surface area contributed by atoms with Gasteiger partial charge in [0.1, 0.15) is 0 Å². The topological polar surface area (TPSA) is 48.5 Å². The van der Waals surface area contributed by atoms with Crippen molar-refractivity contribution in [2.75, 3.05) is 0 Å². The van der Waals surface area contributed by atoms with E-state index in [-0.39, 0.29) is 0 Å². The Morgan fingerprint density at radius 3 is 1.52 bits per heavy atom. The predicted molar refractivity (Wildman–Crippen MR) is 171 cm³/mol. The van der Waals surface area contributed by atoms with Crippen molar-refractivity contribution in [3.8, 4) is 22.8 Å². The Morgan fingerprint density at radius 1 is 0.405 bits per heavy atom. The Morgan fingerprint density at radius 2 is 0.929 bits per heavy atom. The molecule has 0 amide bonds. The van der Waals surface area contributed by atoms with Crippen LogP contribution in [0.2, 0.25) is 0 Å². The minimum atomic E-state index is 0.685. The highest BCUT2D eigenvalue weighted by Crippen LogP contribution is 2.42. The first-order chi connectivity index (χ1) is 20.9. The Hall–Kier alpha value is -5.81. The number of para-hydroxylation sites is 3. The van der Waals surface area contributed by atoms with Crippen molar-refractivity contribution in [2.24, 2.45) is 0 Å². The molecule has 0 spiro atoms. The van der Waals surface area contributed by atoms with Gasteiger partial charge in [-0.25, -0.2) is 9.97 Å². The summed E-state index contributed by atoms with van der Waals surface area (Å²) in [5.41, 5.74) is 7.72. The molecule has 5 heteroatoms. The fourth-order valence-electron chi connectivity index (χ4n) is 6.56. The fourth-order valence-corrected chi connectivity index (χ4v) is 6.56. The Bertz CT molecular complexity index is 2440. The van der Waals surface area contributed by atoms with E-state index < -0.39 is 0 Å². The number of fused-ring (bicyclic) bond motifs is 9. The van der Waals surface area contributed by atoms with Crippen LogP contribution in [0.5, 0.6) is 0 Å². The van der Waals surface area contributed by atoms with Crippen LogP contribution in [0, 0.1) is 0 Å². The molecule has 0 saturated heterocycles. The standard InChI is InChI=1S/C37H23N5/c1-2-8-25(9-3-1)41-31-12-6-4-10-29(31)35-27-15-17-34-36(28(27)14-16-33(35)41)30-11-5-7-13-32(30)42(34)26-22-39-37(40-23-26)24-18-20-38-21-19-24/h1-23H. The van der Waals surface area contributed by atoms with Crippen molar-refractivity contribution >= 4 is 54.4 Å². The minimum absolute atomic E-state index is 0.685. The first kappa shape index (κ1) is 22.9. The summed E-state index contributed by atoms with van der Waals surface area (Å²) in [6, 6.07) is 40.9. The third-order valence-corrected chi connectivity index (χ3v) is 8.32. The van der Waals surface area contributed by atoms with Crippen LogP contribution in [0.3, 0.4) is 0 Å². The van der Waals surface area contributed by atoms with Crippen molar-refractivity contribution in [3.05, 3.63) is 140 Å². The molecule has 0 radical (unpaired) electrons. The molecule has 0 aliphatic carbocycles. The van der Waals surface area contributed by atoms with Gasteiger partial charge in [-0.1, -0.05) is 66.7 Å². The molecule has 0 atom stereocenters. The summed E-state index contributed by atoms with van der Waals surface area (Å²) in [7, 11) is 0. The molecule has 0 aliphatic heterocycles. The van der Waals surface area contributed by atoms with Gasteiger partial charge in [0.25, 0.3) is 0 Å². The van der Waals surface area contributed by atoms with Crippen LogP contribution in [-0.2, 0) is 0 Å². The molecule has 9 aromatic rings. The summed E-state index contributed by atoms with van der Waals surface area (Å²) in [5, 5.41) is 7.46. The molecule has 0 bridgehead atoms. The average Bonchev–Trinajstić information content (AvgIpc) is 3.59. The SMILES string of the molecule is c1ccc(-n2c3ccccc3c3c4ccc5c(c4ccc32)c2ccccc2n5-c2cnc(-c3ccncc3)nc2)cc1. The fraction of sp³-hybridized carbons (Fsp3) is 0. The molecule has 0 aliphatic rings. The predicted octanol–water partition coefficient (Wildman–Crippen LogP) is 8.89. The lowest BCUT2D eigenvalue weighted by Crippen LogP contribution is -1.97. The Kier molecular flexibility index (Phi) is 4.83. The van der Waals surface area contributed by atoms with Crippen LogP contribution in [0.15, 0.2) is 140 Å². The van der Waals surface area contributed by atoms with E-state index in [9.17, 15) is 0 Å².